The number of anilines is 1. The molecule has 0 radical (unpaired) electrons. The van der Waals surface area contributed by atoms with Gasteiger partial charge in [0, 0.05) is 18.4 Å². The van der Waals surface area contributed by atoms with Crippen molar-refractivity contribution < 1.29 is 8.42 Å². The van der Waals surface area contributed by atoms with E-state index in [9.17, 15) is 8.42 Å². The molecule has 0 aliphatic carbocycles. The minimum absolute atomic E-state index is 0.116. The number of aromatic nitrogens is 2. The van der Waals surface area contributed by atoms with Crippen LogP contribution in [0.4, 0.5) is 5.82 Å². The first kappa shape index (κ1) is 12.4. The molecule has 0 saturated heterocycles. The molecule has 1 heterocycles. The molecule has 0 fully saturated rings. The molecule has 0 amide bonds. The van der Waals surface area contributed by atoms with Gasteiger partial charge in [0.15, 0.2) is 9.84 Å². The molecule has 1 aromatic heterocycles. The molecular formula is C8H12BrN3O2S. The Labute approximate surface area is 97.4 Å². The number of hydrogen-bond acceptors (Lipinski definition) is 5. The highest BCUT2D eigenvalue weighted by molar-refractivity contribution is 9.10. The van der Waals surface area contributed by atoms with E-state index in [0.717, 1.165) is 0 Å². The standard InChI is InChI=1S/C8H12BrN3O2S/c1-2-15(13,14)4-3-10-8-5-7(9)11-6-12-8/h5-6H,2-4H2,1H3,(H,10,11,12). The Kier molecular flexibility index (Phi) is 4.46. The number of nitrogens with zero attached hydrogens (tertiary/aromatic N) is 2. The Hall–Kier alpha value is -0.690. The largest absolute Gasteiger partial charge is 0.369 e. The topological polar surface area (TPSA) is 72.0 Å². The van der Waals surface area contributed by atoms with Gasteiger partial charge >= 0.3 is 0 Å². The summed E-state index contributed by atoms with van der Waals surface area (Å²) in [4.78, 5) is 7.80. The maximum absolute atomic E-state index is 11.2. The maximum atomic E-state index is 11.2. The van der Waals surface area contributed by atoms with E-state index in [4.69, 9.17) is 0 Å². The molecule has 0 atom stereocenters. The quantitative estimate of drug-likeness (QED) is 0.823. The first-order chi connectivity index (χ1) is 7.03. The summed E-state index contributed by atoms with van der Waals surface area (Å²) in [6.45, 7) is 2.00. The average molecular weight is 294 g/mol. The molecule has 7 heteroatoms. The summed E-state index contributed by atoms with van der Waals surface area (Å²) in [5.74, 6) is 0.899. The van der Waals surface area contributed by atoms with Gasteiger partial charge in [0.25, 0.3) is 0 Å². The van der Waals surface area contributed by atoms with Crippen LogP contribution in [0.2, 0.25) is 0 Å². The molecular weight excluding hydrogens is 282 g/mol. The third-order valence-electron chi connectivity index (χ3n) is 1.79. The number of hydrogen-bond donors (Lipinski definition) is 1. The van der Waals surface area contributed by atoms with E-state index in [1.807, 2.05) is 0 Å². The van der Waals surface area contributed by atoms with Crippen molar-refractivity contribution in [3.63, 3.8) is 0 Å². The van der Waals surface area contributed by atoms with Crippen LogP contribution in [0.5, 0.6) is 0 Å². The highest BCUT2D eigenvalue weighted by Gasteiger charge is 2.06. The van der Waals surface area contributed by atoms with Crippen LogP contribution in [-0.2, 0) is 9.84 Å². The van der Waals surface area contributed by atoms with E-state index in [1.165, 1.54) is 6.33 Å². The third kappa shape index (κ3) is 4.57. The van der Waals surface area contributed by atoms with Gasteiger partial charge in [-0.05, 0) is 15.9 Å². The monoisotopic (exact) mass is 293 g/mol. The smallest absolute Gasteiger partial charge is 0.151 e. The van der Waals surface area contributed by atoms with Crippen LogP contribution in [0, 0.1) is 0 Å². The summed E-state index contributed by atoms with van der Waals surface area (Å²) < 4.78 is 23.0. The lowest BCUT2D eigenvalue weighted by Gasteiger charge is -2.04. The molecule has 1 aromatic rings. The Morgan fingerprint density at radius 2 is 2.20 bits per heavy atom. The zero-order valence-corrected chi connectivity index (χ0v) is 10.7. The van der Waals surface area contributed by atoms with Crippen LogP contribution in [0.1, 0.15) is 6.92 Å². The van der Waals surface area contributed by atoms with E-state index in [1.54, 1.807) is 13.0 Å². The lowest BCUT2D eigenvalue weighted by molar-refractivity contribution is 0.597. The molecule has 0 spiro atoms. The minimum Gasteiger partial charge on any atom is -0.369 e. The highest BCUT2D eigenvalue weighted by Crippen LogP contribution is 2.08. The van der Waals surface area contributed by atoms with Crippen molar-refractivity contribution in [2.45, 2.75) is 6.92 Å². The van der Waals surface area contributed by atoms with E-state index in [-0.39, 0.29) is 11.5 Å². The van der Waals surface area contributed by atoms with E-state index >= 15 is 0 Å². The molecule has 0 aliphatic rings. The normalized spacial score (nSPS) is 11.3. The van der Waals surface area contributed by atoms with Gasteiger partial charge < -0.3 is 5.32 Å². The fraction of sp³-hybridized carbons (Fsp3) is 0.500. The number of halogens is 1. The van der Waals surface area contributed by atoms with Crippen molar-refractivity contribution in [3.05, 3.63) is 17.0 Å². The van der Waals surface area contributed by atoms with Crippen LogP contribution >= 0.6 is 15.9 Å². The fourth-order valence-electron chi connectivity index (χ4n) is 0.909. The Bertz CT molecular complexity index is 422. The zero-order valence-electron chi connectivity index (χ0n) is 8.27. The van der Waals surface area contributed by atoms with Crippen molar-refractivity contribution >= 4 is 31.6 Å². The molecule has 15 heavy (non-hydrogen) atoms. The van der Waals surface area contributed by atoms with Crippen molar-refractivity contribution in [1.29, 1.82) is 0 Å². The first-order valence-corrected chi connectivity index (χ1v) is 7.07. The van der Waals surface area contributed by atoms with Gasteiger partial charge in [-0.1, -0.05) is 6.92 Å². The highest BCUT2D eigenvalue weighted by atomic mass is 79.9. The molecule has 5 nitrogen and oxygen atoms in total. The van der Waals surface area contributed by atoms with E-state index < -0.39 is 9.84 Å². The number of sulfone groups is 1. The van der Waals surface area contributed by atoms with Gasteiger partial charge in [-0.15, -0.1) is 0 Å². The maximum Gasteiger partial charge on any atom is 0.151 e. The van der Waals surface area contributed by atoms with Crippen molar-refractivity contribution in [1.82, 2.24) is 9.97 Å². The average Bonchev–Trinajstić information content (AvgIpc) is 2.18. The second kappa shape index (κ2) is 5.41. The van der Waals surface area contributed by atoms with Gasteiger partial charge in [0.2, 0.25) is 0 Å². The summed E-state index contributed by atoms with van der Waals surface area (Å²) in [6.07, 6.45) is 1.40. The van der Waals surface area contributed by atoms with Crippen LogP contribution < -0.4 is 5.32 Å². The SMILES string of the molecule is CCS(=O)(=O)CCNc1cc(Br)ncn1. The lowest BCUT2D eigenvalue weighted by Crippen LogP contribution is -2.17. The van der Waals surface area contributed by atoms with Crippen molar-refractivity contribution in [2.24, 2.45) is 0 Å². The third-order valence-corrected chi connectivity index (χ3v) is 3.93. The Morgan fingerprint density at radius 3 is 2.80 bits per heavy atom. The molecule has 1 N–H and O–H groups in total. The molecule has 1 rings (SSSR count). The molecule has 84 valence electrons. The first-order valence-electron chi connectivity index (χ1n) is 4.45. The molecule has 0 aromatic carbocycles. The van der Waals surface area contributed by atoms with Gasteiger partial charge in [0.1, 0.15) is 16.7 Å². The van der Waals surface area contributed by atoms with Crippen molar-refractivity contribution in [2.75, 3.05) is 23.4 Å². The van der Waals surface area contributed by atoms with E-state index in [0.29, 0.717) is 17.0 Å². The summed E-state index contributed by atoms with van der Waals surface area (Å²) in [6, 6.07) is 1.69. The molecule has 0 bridgehead atoms. The predicted molar refractivity (Wildman–Crippen MR) is 62.5 cm³/mol. The molecule has 0 unspecified atom stereocenters. The van der Waals surface area contributed by atoms with Crippen molar-refractivity contribution in [3.8, 4) is 0 Å². The zero-order chi connectivity index (χ0) is 11.3. The minimum atomic E-state index is -2.92. The van der Waals surface area contributed by atoms with E-state index in [2.05, 4.69) is 31.2 Å². The second-order valence-corrected chi connectivity index (χ2v) is 6.17. The second-order valence-electron chi connectivity index (χ2n) is 2.89. The number of nitrogens with one attached hydrogen (secondary N) is 1. The van der Waals surface area contributed by atoms with Gasteiger partial charge in [-0.25, -0.2) is 18.4 Å². The fourth-order valence-corrected chi connectivity index (χ4v) is 1.92. The van der Waals surface area contributed by atoms with Crippen LogP contribution in [-0.4, -0.2) is 36.4 Å². The lowest BCUT2D eigenvalue weighted by atomic mass is 10.5. The predicted octanol–water partition coefficient (Wildman–Crippen LogP) is 1.09. The van der Waals surface area contributed by atoms with Crippen LogP contribution in [0.15, 0.2) is 17.0 Å². The Balaban J connectivity index is 2.45. The van der Waals surface area contributed by atoms with Gasteiger partial charge in [-0.2, -0.15) is 0 Å². The molecule has 0 saturated carbocycles. The summed E-state index contributed by atoms with van der Waals surface area (Å²) in [5, 5.41) is 2.92. The van der Waals surface area contributed by atoms with Crippen LogP contribution in [0.25, 0.3) is 0 Å². The van der Waals surface area contributed by atoms with Crippen LogP contribution in [0.3, 0.4) is 0 Å². The van der Waals surface area contributed by atoms with Gasteiger partial charge in [0.05, 0.1) is 5.75 Å². The summed E-state index contributed by atoms with van der Waals surface area (Å²) >= 11 is 3.20. The summed E-state index contributed by atoms with van der Waals surface area (Å²) in [7, 11) is -2.92. The van der Waals surface area contributed by atoms with Gasteiger partial charge in [-0.3, -0.25) is 0 Å². The molecule has 0 aliphatic heterocycles. The number of rotatable bonds is 5. The Morgan fingerprint density at radius 1 is 1.47 bits per heavy atom. The summed E-state index contributed by atoms with van der Waals surface area (Å²) in [5.41, 5.74) is 0.